The van der Waals surface area contributed by atoms with Crippen molar-refractivity contribution in [2.45, 2.75) is 24.0 Å². The second-order valence-corrected chi connectivity index (χ2v) is 7.78. The minimum atomic E-state index is -3.40. The lowest BCUT2D eigenvalue weighted by atomic mass is 10.3. The Bertz CT molecular complexity index is 447. The number of hydrogen-bond acceptors (Lipinski definition) is 3. The zero-order valence-electron chi connectivity index (χ0n) is 9.53. The Balaban J connectivity index is 2.96. The molecule has 0 saturated carbocycles. The molecule has 0 unspecified atom stereocenters. The molecule has 0 radical (unpaired) electrons. The summed E-state index contributed by atoms with van der Waals surface area (Å²) in [4.78, 5) is 0. The van der Waals surface area contributed by atoms with Crippen LogP contribution in [0.2, 0.25) is 0 Å². The van der Waals surface area contributed by atoms with E-state index in [4.69, 9.17) is 11.6 Å². The zero-order valence-corrected chi connectivity index (χ0v) is 13.5. The third-order valence-corrected chi connectivity index (χ3v) is 6.97. The van der Waals surface area contributed by atoms with Crippen molar-refractivity contribution in [2.24, 2.45) is 0 Å². The Morgan fingerprint density at radius 1 is 1.47 bits per heavy atom. The first-order valence-corrected chi connectivity index (χ1v) is 8.97. The highest BCUT2D eigenvalue weighted by Gasteiger charge is 2.26. The molecule has 1 aromatic heterocycles. The molecular weight excluding hydrogens is 346 g/mol. The summed E-state index contributed by atoms with van der Waals surface area (Å²) in [6.45, 7) is 2.91. The Morgan fingerprint density at radius 2 is 2.18 bits per heavy atom. The van der Waals surface area contributed by atoms with Gasteiger partial charge in [0.2, 0.25) is 0 Å². The summed E-state index contributed by atoms with van der Waals surface area (Å²) in [5.74, 6) is 0.311. The maximum atomic E-state index is 12.4. The molecule has 0 aliphatic rings. The second-order valence-electron chi connectivity index (χ2n) is 3.50. The van der Waals surface area contributed by atoms with Crippen molar-refractivity contribution in [1.29, 1.82) is 0 Å². The fourth-order valence-corrected chi connectivity index (χ4v) is 5.60. The van der Waals surface area contributed by atoms with E-state index in [0.717, 1.165) is 12.8 Å². The van der Waals surface area contributed by atoms with Gasteiger partial charge in [0.25, 0.3) is 10.0 Å². The molecule has 0 saturated heterocycles. The summed E-state index contributed by atoms with van der Waals surface area (Å²) in [6, 6.07) is 1.75. The van der Waals surface area contributed by atoms with Crippen LogP contribution in [0, 0.1) is 0 Å². The summed E-state index contributed by atoms with van der Waals surface area (Å²) in [5.41, 5.74) is 0. The van der Waals surface area contributed by atoms with Gasteiger partial charge in [-0.15, -0.1) is 22.9 Å². The Kier molecular flexibility index (Phi) is 6.44. The minimum Gasteiger partial charge on any atom is -0.206 e. The summed E-state index contributed by atoms with van der Waals surface area (Å²) in [5, 5.41) is 1.76. The molecular formula is C10H15BrClNO2S2. The van der Waals surface area contributed by atoms with E-state index in [9.17, 15) is 8.42 Å². The fourth-order valence-electron chi connectivity index (χ4n) is 1.36. The molecule has 0 N–H and O–H groups in total. The van der Waals surface area contributed by atoms with Crippen LogP contribution in [0.1, 0.15) is 19.8 Å². The monoisotopic (exact) mass is 359 g/mol. The van der Waals surface area contributed by atoms with Crippen LogP contribution < -0.4 is 0 Å². The van der Waals surface area contributed by atoms with E-state index in [1.807, 2.05) is 6.92 Å². The predicted molar refractivity (Wildman–Crippen MR) is 76.4 cm³/mol. The molecule has 17 heavy (non-hydrogen) atoms. The third kappa shape index (κ3) is 3.92. The van der Waals surface area contributed by atoms with E-state index in [1.165, 1.54) is 15.6 Å². The molecule has 0 amide bonds. The number of hydrogen-bond donors (Lipinski definition) is 0. The predicted octanol–water partition coefficient (Wildman–Crippen LogP) is 3.54. The molecule has 1 rings (SSSR count). The van der Waals surface area contributed by atoms with Crippen molar-refractivity contribution in [3.63, 3.8) is 0 Å². The maximum Gasteiger partial charge on any atom is 0.253 e. The standard InChI is InChI=1S/C10H15BrClNO2S2/c1-2-3-6-13(7-5-12)17(14,15)10-9(11)4-8-16-10/h4,8H,2-3,5-7H2,1H3. The number of unbranched alkanes of at least 4 members (excludes halogenated alkanes) is 1. The van der Waals surface area contributed by atoms with Crippen LogP contribution in [0.25, 0.3) is 0 Å². The average Bonchev–Trinajstić information content (AvgIpc) is 2.71. The highest BCUT2D eigenvalue weighted by Crippen LogP contribution is 2.30. The molecule has 98 valence electrons. The van der Waals surface area contributed by atoms with Crippen LogP contribution in [0.3, 0.4) is 0 Å². The van der Waals surface area contributed by atoms with Crippen molar-refractivity contribution in [3.8, 4) is 0 Å². The zero-order chi connectivity index (χ0) is 12.9. The first-order chi connectivity index (χ1) is 8.04. The molecule has 7 heteroatoms. The van der Waals surface area contributed by atoms with E-state index < -0.39 is 10.0 Å². The normalized spacial score (nSPS) is 12.2. The van der Waals surface area contributed by atoms with Gasteiger partial charge in [0, 0.05) is 23.4 Å². The van der Waals surface area contributed by atoms with Gasteiger partial charge in [-0.25, -0.2) is 8.42 Å². The van der Waals surface area contributed by atoms with E-state index >= 15 is 0 Å². The highest BCUT2D eigenvalue weighted by atomic mass is 79.9. The van der Waals surface area contributed by atoms with Crippen LogP contribution in [-0.4, -0.2) is 31.7 Å². The first kappa shape index (κ1) is 15.4. The SMILES string of the molecule is CCCCN(CCCl)S(=O)(=O)c1sccc1Br. The number of nitrogens with zero attached hydrogens (tertiary/aromatic N) is 1. The van der Waals surface area contributed by atoms with E-state index in [-0.39, 0.29) is 0 Å². The summed E-state index contributed by atoms with van der Waals surface area (Å²) < 4.78 is 27.2. The smallest absolute Gasteiger partial charge is 0.206 e. The van der Waals surface area contributed by atoms with Crippen LogP contribution >= 0.6 is 38.9 Å². The number of halogens is 2. The van der Waals surface area contributed by atoms with E-state index in [2.05, 4.69) is 15.9 Å². The molecule has 0 aromatic carbocycles. The van der Waals surface area contributed by atoms with Crippen molar-refractivity contribution in [2.75, 3.05) is 19.0 Å². The van der Waals surface area contributed by atoms with Crippen LogP contribution in [0.4, 0.5) is 0 Å². The number of thiophene rings is 1. The van der Waals surface area contributed by atoms with Crippen molar-refractivity contribution >= 4 is 48.9 Å². The van der Waals surface area contributed by atoms with E-state index in [0.29, 0.717) is 27.7 Å². The molecule has 1 aromatic rings. The average molecular weight is 361 g/mol. The quantitative estimate of drug-likeness (QED) is 0.697. The Labute approximate surface area is 120 Å². The van der Waals surface area contributed by atoms with Crippen molar-refractivity contribution in [3.05, 3.63) is 15.9 Å². The van der Waals surface area contributed by atoms with Crippen LogP contribution in [-0.2, 0) is 10.0 Å². The van der Waals surface area contributed by atoms with Gasteiger partial charge in [0.1, 0.15) is 4.21 Å². The molecule has 0 aliphatic heterocycles. The number of rotatable bonds is 7. The minimum absolute atomic E-state index is 0.311. The van der Waals surface area contributed by atoms with Gasteiger partial charge in [0.15, 0.2) is 0 Å². The van der Waals surface area contributed by atoms with E-state index in [1.54, 1.807) is 11.4 Å². The van der Waals surface area contributed by atoms with Gasteiger partial charge in [-0.1, -0.05) is 13.3 Å². The van der Waals surface area contributed by atoms with Gasteiger partial charge in [-0.05, 0) is 33.8 Å². The Morgan fingerprint density at radius 3 is 2.65 bits per heavy atom. The van der Waals surface area contributed by atoms with Gasteiger partial charge < -0.3 is 0 Å². The lowest BCUT2D eigenvalue weighted by Crippen LogP contribution is -2.33. The second kappa shape index (κ2) is 7.09. The number of sulfonamides is 1. The molecule has 1 heterocycles. The molecule has 0 fully saturated rings. The van der Waals surface area contributed by atoms with Crippen LogP contribution in [0.5, 0.6) is 0 Å². The first-order valence-electron chi connectivity index (χ1n) is 5.33. The third-order valence-electron chi connectivity index (χ3n) is 2.25. The van der Waals surface area contributed by atoms with Crippen LogP contribution in [0.15, 0.2) is 20.1 Å². The maximum absolute atomic E-state index is 12.4. The molecule has 0 spiro atoms. The van der Waals surface area contributed by atoms with Crippen molar-refractivity contribution in [1.82, 2.24) is 4.31 Å². The fraction of sp³-hybridized carbons (Fsp3) is 0.600. The molecule has 0 aliphatic carbocycles. The molecule has 0 bridgehead atoms. The largest absolute Gasteiger partial charge is 0.253 e. The lowest BCUT2D eigenvalue weighted by Gasteiger charge is -2.20. The van der Waals surface area contributed by atoms with Gasteiger partial charge in [0.05, 0.1) is 0 Å². The molecule has 3 nitrogen and oxygen atoms in total. The number of alkyl halides is 1. The van der Waals surface area contributed by atoms with Crippen molar-refractivity contribution < 1.29 is 8.42 Å². The summed E-state index contributed by atoms with van der Waals surface area (Å²) in [7, 11) is -3.40. The highest BCUT2D eigenvalue weighted by molar-refractivity contribution is 9.10. The Hall–Kier alpha value is 0.380. The molecule has 0 atom stereocenters. The van der Waals surface area contributed by atoms with Gasteiger partial charge in [-0.3, -0.25) is 0 Å². The van der Waals surface area contributed by atoms with Gasteiger partial charge >= 0.3 is 0 Å². The van der Waals surface area contributed by atoms with Gasteiger partial charge in [-0.2, -0.15) is 4.31 Å². The lowest BCUT2D eigenvalue weighted by molar-refractivity contribution is 0.421. The summed E-state index contributed by atoms with van der Waals surface area (Å²) >= 11 is 10.2. The topological polar surface area (TPSA) is 37.4 Å². The summed E-state index contributed by atoms with van der Waals surface area (Å²) in [6.07, 6.45) is 1.80.